The van der Waals surface area contributed by atoms with E-state index in [1.807, 2.05) is 61.7 Å². The highest BCUT2D eigenvalue weighted by Gasteiger charge is 2.17. The molecule has 1 amide bonds. The highest BCUT2D eigenvalue weighted by atomic mass is 32.1. The van der Waals surface area contributed by atoms with E-state index >= 15 is 0 Å². The molecule has 3 aromatic heterocycles. The van der Waals surface area contributed by atoms with Crippen molar-refractivity contribution in [3.05, 3.63) is 74.5 Å². The normalized spacial score (nSPS) is 11.1. The lowest BCUT2D eigenvalue weighted by Gasteiger charge is -2.07. The number of thiophene rings is 1. The zero-order chi connectivity index (χ0) is 20.4. The summed E-state index contributed by atoms with van der Waals surface area (Å²) in [6.07, 6.45) is 0.182. The molecule has 29 heavy (non-hydrogen) atoms. The number of carbonyl (C=O) groups is 1. The molecule has 148 valence electrons. The Morgan fingerprint density at radius 3 is 2.62 bits per heavy atom. The standard InChI is InChI=1S/C21H21N5O2S/c1-14-19-15(2)26(16-7-4-3-5-8-16)24-20(19)21(28)25(23-14)11-10-18(27)22-13-17-9-6-12-29-17/h3-9,12H,10-11,13H2,1-2H3,(H,22,27). The van der Waals surface area contributed by atoms with Crippen LogP contribution in [0.4, 0.5) is 0 Å². The largest absolute Gasteiger partial charge is 0.351 e. The SMILES string of the molecule is Cc1nn(CCC(=O)NCc2cccs2)c(=O)c2nn(-c3ccccc3)c(C)c12. The Hall–Kier alpha value is -3.26. The third-order valence-electron chi connectivity index (χ3n) is 4.78. The summed E-state index contributed by atoms with van der Waals surface area (Å²) < 4.78 is 3.10. The van der Waals surface area contributed by atoms with E-state index in [0.717, 1.165) is 27.3 Å². The second-order valence-corrected chi connectivity index (χ2v) is 7.81. The van der Waals surface area contributed by atoms with Gasteiger partial charge in [-0.3, -0.25) is 9.59 Å². The maximum Gasteiger partial charge on any atom is 0.295 e. The molecule has 4 rings (SSSR count). The summed E-state index contributed by atoms with van der Waals surface area (Å²) in [5.41, 5.74) is 2.57. The van der Waals surface area contributed by atoms with Gasteiger partial charge in [0.05, 0.1) is 35.6 Å². The van der Waals surface area contributed by atoms with Gasteiger partial charge in [-0.05, 0) is 37.4 Å². The van der Waals surface area contributed by atoms with E-state index < -0.39 is 0 Å². The van der Waals surface area contributed by atoms with E-state index in [1.54, 1.807) is 16.0 Å². The van der Waals surface area contributed by atoms with E-state index in [-0.39, 0.29) is 24.4 Å². The van der Waals surface area contributed by atoms with Gasteiger partial charge in [-0.15, -0.1) is 11.3 Å². The lowest BCUT2D eigenvalue weighted by Crippen LogP contribution is -2.29. The highest BCUT2D eigenvalue weighted by molar-refractivity contribution is 7.09. The highest BCUT2D eigenvalue weighted by Crippen LogP contribution is 2.20. The molecule has 0 unspecified atom stereocenters. The molecule has 0 atom stereocenters. The monoisotopic (exact) mass is 407 g/mol. The molecule has 0 fully saturated rings. The molecule has 0 aliphatic rings. The van der Waals surface area contributed by atoms with Gasteiger partial charge >= 0.3 is 0 Å². The zero-order valence-electron chi connectivity index (χ0n) is 16.3. The zero-order valence-corrected chi connectivity index (χ0v) is 17.1. The molecular weight excluding hydrogens is 386 g/mol. The van der Waals surface area contributed by atoms with Crippen molar-refractivity contribution >= 4 is 28.1 Å². The van der Waals surface area contributed by atoms with Gasteiger partial charge in [0.1, 0.15) is 0 Å². The maximum absolute atomic E-state index is 12.9. The van der Waals surface area contributed by atoms with Crippen molar-refractivity contribution in [2.45, 2.75) is 33.4 Å². The van der Waals surface area contributed by atoms with Crippen LogP contribution in [0.3, 0.4) is 0 Å². The molecule has 0 bridgehead atoms. The molecule has 0 saturated heterocycles. The second kappa shape index (κ2) is 8.00. The van der Waals surface area contributed by atoms with Crippen LogP contribution in [0.5, 0.6) is 0 Å². The van der Waals surface area contributed by atoms with Crippen molar-refractivity contribution in [1.82, 2.24) is 24.9 Å². The van der Waals surface area contributed by atoms with Gasteiger partial charge in [0, 0.05) is 11.3 Å². The van der Waals surface area contributed by atoms with E-state index in [1.165, 1.54) is 4.68 Å². The number of carbonyl (C=O) groups excluding carboxylic acids is 1. The van der Waals surface area contributed by atoms with Crippen LogP contribution in [-0.4, -0.2) is 25.5 Å². The van der Waals surface area contributed by atoms with Gasteiger partial charge in [-0.2, -0.15) is 10.2 Å². The molecule has 7 nitrogen and oxygen atoms in total. The van der Waals surface area contributed by atoms with Crippen LogP contribution in [0.2, 0.25) is 0 Å². The van der Waals surface area contributed by atoms with Crippen LogP contribution in [0.25, 0.3) is 16.6 Å². The summed E-state index contributed by atoms with van der Waals surface area (Å²) in [6.45, 7) is 4.50. The van der Waals surface area contributed by atoms with Gasteiger partial charge < -0.3 is 5.32 Å². The van der Waals surface area contributed by atoms with Crippen molar-refractivity contribution in [1.29, 1.82) is 0 Å². The predicted molar refractivity (Wildman–Crippen MR) is 113 cm³/mol. The first-order chi connectivity index (χ1) is 14.0. The molecule has 0 spiro atoms. The lowest BCUT2D eigenvalue weighted by molar-refractivity contribution is -0.121. The fraction of sp³-hybridized carbons (Fsp3) is 0.238. The summed E-state index contributed by atoms with van der Waals surface area (Å²) in [4.78, 5) is 26.2. The number of hydrogen-bond acceptors (Lipinski definition) is 5. The van der Waals surface area contributed by atoms with Crippen molar-refractivity contribution in [2.24, 2.45) is 0 Å². The molecule has 0 aliphatic carbocycles. The number of aryl methyl sites for hydroxylation is 3. The van der Waals surface area contributed by atoms with Crippen LogP contribution in [-0.2, 0) is 17.9 Å². The van der Waals surface area contributed by atoms with E-state index in [2.05, 4.69) is 15.5 Å². The van der Waals surface area contributed by atoms with E-state index in [0.29, 0.717) is 12.1 Å². The number of hydrogen-bond donors (Lipinski definition) is 1. The van der Waals surface area contributed by atoms with Crippen molar-refractivity contribution in [3.63, 3.8) is 0 Å². The Labute approximate surface area is 171 Å². The molecule has 1 aromatic carbocycles. The Balaban J connectivity index is 1.57. The molecule has 0 saturated carbocycles. The Morgan fingerprint density at radius 1 is 1.10 bits per heavy atom. The van der Waals surface area contributed by atoms with Crippen molar-refractivity contribution in [2.75, 3.05) is 0 Å². The van der Waals surface area contributed by atoms with Gasteiger partial charge in [0.15, 0.2) is 5.52 Å². The second-order valence-electron chi connectivity index (χ2n) is 6.78. The Kier molecular flexibility index (Phi) is 5.26. The van der Waals surface area contributed by atoms with Gasteiger partial charge in [-0.25, -0.2) is 9.36 Å². The molecular formula is C21H21N5O2S. The first-order valence-corrected chi connectivity index (χ1v) is 10.2. The first kappa shape index (κ1) is 19.1. The number of fused-ring (bicyclic) bond motifs is 1. The number of aromatic nitrogens is 4. The average molecular weight is 407 g/mol. The molecule has 0 radical (unpaired) electrons. The summed E-state index contributed by atoms with van der Waals surface area (Å²) in [6, 6.07) is 13.6. The Bertz CT molecular complexity index is 1210. The van der Waals surface area contributed by atoms with Crippen LogP contribution in [0.15, 0.2) is 52.6 Å². The quantitative estimate of drug-likeness (QED) is 0.533. The van der Waals surface area contributed by atoms with Gasteiger partial charge in [0.2, 0.25) is 5.91 Å². The van der Waals surface area contributed by atoms with Gasteiger partial charge in [-0.1, -0.05) is 24.3 Å². The first-order valence-electron chi connectivity index (χ1n) is 9.36. The third-order valence-corrected chi connectivity index (χ3v) is 5.65. The minimum atomic E-state index is -0.283. The average Bonchev–Trinajstić information content (AvgIpc) is 3.37. The molecule has 0 aliphatic heterocycles. The summed E-state index contributed by atoms with van der Waals surface area (Å²) >= 11 is 1.59. The maximum atomic E-state index is 12.9. The molecule has 1 N–H and O–H groups in total. The van der Waals surface area contributed by atoms with Crippen LogP contribution >= 0.6 is 11.3 Å². The number of para-hydroxylation sites is 1. The fourth-order valence-electron chi connectivity index (χ4n) is 3.35. The number of nitrogens with zero attached hydrogens (tertiary/aromatic N) is 4. The smallest absolute Gasteiger partial charge is 0.295 e. The minimum Gasteiger partial charge on any atom is -0.351 e. The van der Waals surface area contributed by atoms with Crippen molar-refractivity contribution < 1.29 is 4.79 Å². The fourth-order valence-corrected chi connectivity index (χ4v) is 4.00. The number of amides is 1. The Morgan fingerprint density at radius 2 is 1.90 bits per heavy atom. The van der Waals surface area contributed by atoms with Crippen molar-refractivity contribution in [3.8, 4) is 5.69 Å². The summed E-state index contributed by atoms with van der Waals surface area (Å²) in [5.74, 6) is -0.115. The summed E-state index contributed by atoms with van der Waals surface area (Å²) in [5, 5.41) is 14.6. The topological polar surface area (TPSA) is 81.8 Å². The van der Waals surface area contributed by atoms with E-state index in [4.69, 9.17) is 0 Å². The van der Waals surface area contributed by atoms with E-state index in [9.17, 15) is 9.59 Å². The number of rotatable bonds is 6. The molecule has 3 heterocycles. The summed E-state index contributed by atoms with van der Waals surface area (Å²) in [7, 11) is 0. The minimum absolute atomic E-state index is 0.115. The van der Waals surface area contributed by atoms with Crippen LogP contribution < -0.4 is 10.9 Å². The van der Waals surface area contributed by atoms with Crippen LogP contribution in [0.1, 0.15) is 22.7 Å². The van der Waals surface area contributed by atoms with Gasteiger partial charge in [0.25, 0.3) is 5.56 Å². The predicted octanol–water partition coefficient (Wildman–Crippen LogP) is 2.97. The lowest BCUT2D eigenvalue weighted by atomic mass is 10.2. The number of nitrogens with one attached hydrogen (secondary N) is 1. The molecule has 8 heteroatoms. The molecule has 4 aromatic rings. The number of benzene rings is 1. The third kappa shape index (κ3) is 3.84. The van der Waals surface area contributed by atoms with Crippen LogP contribution in [0, 0.1) is 13.8 Å².